The molecule has 0 atom stereocenters. The lowest BCUT2D eigenvalue weighted by Crippen LogP contribution is -2.39. The Morgan fingerprint density at radius 2 is 2.00 bits per heavy atom. The van der Waals surface area contributed by atoms with Gasteiger partial charge in [-0.25, -0.2) is 0 Å². The van der Waals surface area contributed by atoms with Crippen molar-refractivity contribution in [2.75, 3.05) is 26.2 Å². The van der Waals surface area contributed by atoms with Crippen LogP contribution < -0.4 is 0 Å². The van der Waals surface area contributed by atoms with E-state index in [0.717, 1.165) is 4.90 Å². The molecule has 2 rings (SSSR count). The van der Waals surface area contributed by atoms with Crippen LogP contribution in [-0.2, 0) is 0 Å². The average Bonchev–Trinajstić information content (AvgIpc) is 2.80. The van der Waals surface area contributed by atoms with Crippen LogP contribution in [0.3, 0.4) is 0 Å². The highest BCUT2D eigenvalue weighted by atomic mass is 19.4. The third kappa shape index (κ3) is 4.30. The van der Waals surface area contributed by atoms with Gasteiger partial charge in [0.05, 0.1) is 19.7 Å². The first-order valence-corrected chi connectivity index (χ1v) is 6.31. The molecule has 0 aliphatic heterocycles. The molecular weight excluding hydrogens is 287 g/mol. The second-order valence-electron chi connectivity index (χ2n) is 4.62. The van der Waals surface area contributed by atoms with Gasteiger partial charge in [-0.05, 0) is 12.1 Å². The minimum absolute atomic E-state index is 0.0151. The molecule has 0 spiro atoms. The van der Waals surface area contributed by atoms with Crippen LogP contribution in [0.1, 0.15) is 10.6 Å². The monoisotopic (exact) mass is 301 g/mol. The topological polar surface area (TPSA) is 53.7 Å². The standard InChI is InChI=1S/C14H14F3NO3/c15-14(16,17)9-18(5-6-19)8-11(20)13-7-10-3-1-2-4-12(10)21-13/h1-4,7,19H,5-6,8-9H2. The van der Waals surface area contributed by atoms with E-state index in [2.05, 4.69) is 0 Å². The molecule has 0 unspecified atom stereocenters. The Labute approximate surface area is 118 Å². The number of furan rings is 1. The van der Waals surface area contributed by atoms with Gasteiger partial charge in [0.2, 0.25) is 5.78 Å². The zero-order valence-electron chi connectivity index (χ0n) is 11.1. The fraction of sp³-hybridized carbons (Fsp3) is 0.357. The van der Waals surface area contributed by atoms with Gasteiger partial charge in [0.1, 0.15) is 5.58 Å². The van der Waals surface area contributed by atoms with Crippen molar-refractivity contribution in [2.24, 2.45) is 0 Å². The molecule has 4 nitrogen and oxygen atoms in total. The van der Waals surface area contributed by atoms with Gasteiger partial charge >= 0.3 is 6.18 Å². The number of Topliss-reactive ketones (excluding diaryl/α,β-unsaturated/α-hetero) is 1. The summed E-state index contributed by atoms with van der Waals surface area (Å²) in [5.41, 5.74) is 0.505. The van der Waals surface area contributed by atoms with Crippen molar-refractivity contribution < 1.29 is 27.5 Å². The lowest BCUT2D eigenvalue weighted by molar-refractivity contribution is -0.145. The lowest BCUT2D eigenvalue weighted by atomic mass is 10.2. The normalized spacial score (nSPS) is 12.2. The number of halogens is 3. The zero-order chi connectivity index (χ0) is 15.5. The van der Waals surface area contributed by atoms with Gasteiger partial charge in [0.15, 0.2) is 5.76 Å². The van der Waals surface area contributed by atoms with Crippen molar-refractivity contribution in [1.29, 1.82) is 0 Å². The molecule has 1 heterocycles. The predicted octanol–water partition coefficient (Wildman–Crippen LogP) is 2.47. The Morgan fingerprint density at radius 1 is 1.29 bits per heavy atom. The summed E-state index contributed by atoms with van der Waals surface area (Å²) in [6.45, 7) is -2.39. The minimum Gasteiger partial charge on any atom is -0.453 e. The van der Waals surface area contributed by atoms with Crippen LogP contribution in [-0.4, -0.2) is 48.2 Å². The molecule has 1 aromatic heterocycles. The minimum atomic E-state index is -4.43. The van der Waals surface area contributed by atoms with Crippen LogP contribution in [0, 0.1) is 0 Å². The third-order valence-corrected chi connectivity index (χ3v) is 2.89. The number of nitrogens with zero attached hydrogens (tertiary/aromatic N) is 1. The van der Waals surface area contributed by atoms with Crippen molar-refractivity contribution in [2.45, 2.75) is 6.18 Å². The lowest BCUT2D eigenvalue weighted by Gasteiger charge is -2.21. The number of ketones is 1. The molecule has 0 fully saturated rings. The van der Waals surface area contributed by atoms with Gasteiger partial charge in [-0.3, -0.25) is 9.69 Å². The summed E-state index contributed by atoms with van der Waals surface area (Å²) >= 11 is 0. The maximum Gasteiger partial charge on any atom is 0.401 e. The molecule has 0 aliphatic carbocycles. The van der Waals surface area contributed by atoms with E-state index in [1.54, 1.807) is 24.3 Å². The number of carbonyl (C=O) groups is 1. The molecule has 0 bridgehead atoms. The van der Waals surface area contributed by atoms with E-state index in [-0.39, 0.29) is 12.3 Å². The number of alkyl halides is 3. The van der Waals surface area contributed by atoms with Gasteiger partial charge < -0.3 is 9.52 Å². The van der Waals surface area contributed by atoms with E-state index in [0.29, 0.717) is 11.0 Å². The third-order valence-electron chi connectivity index (χ3n) is 2.89. The molecule has 0 radical (unpaired) electrons. The number of fused-ring (bicyclic) bond motifs is 1. The largest absolute Gasteiger partial charge is 0.453 e. The Bertz CT molecular complexity index is 588. The number of benzene rings is 1. The molecule has 21 heavy (non-hydrogen) atoms. The first-order valence-electron chi connectivity index (χ1n) is 6.31. The van der Waals surface area contributed by atoms with E-state index >= 15 is 0 Å². The van der Waals surface area contributed by atoms with E-state index in [9.17, 15) is 18.0 Å². The smallest absolute Gasteiger partial charge is 0.401 e. The molecule has 0 aliphatic rings. The number of carbonyl (C=O) groups excluding carboxylic acids is 1. The van der Waals surface area contributed by atoms with E-state index < -0.39 is 31.7 Å². The van der Waals surface area contributed by atoms with Crippen molar-refractivity contribution in [3.8, 4) is 0 Å². The molecule has 0 saturated carbocycles. The number of aliphatic hydroxyl groups excluding tert-OH is 1. The van der Waals surface area contributed by atoms with Gasteiger partial charge in [0.25, 0.3) is 0 Å². The highest BCUT2D eigenvalue weighted by Crippen LogP contribution is 2.20. The maximum absolute atomic E-state index is 12.4. The summed E-state index contributed by atoms with van der Waals surface area (Å²) in [5.74, 6) is -0.537. The summed E-state index contributed by atoms with van der Waals surface area (Å²) in [6.07, 6.45) is -4.43. The number of rotatable bonds is 6. The van der Waals surface area contributed by atoms with Crippen molar-refractivity contribution in [3.63, 3.8) is 0 Å². The van der Waals surface area contributed by atoms with E-state index in [4.69, 9.17) is 9.52 Å². The number of aliphatic hydroxyl groups is 1. The molecule has 1 N–H and O–H groups in total. The molecule has 114 valence electrons. The molecule has 0 amide bonds. The summed E-state index contributed by atoms with van der Waals surface area (Å²) < 4.78 is 42.5. The van der Waals surface area contributed by atoms with E-state index in [1.165, 1.54) is 6.07 Å². The Morgan fingerprint density at radius 3 is 2.62 bits per heavy atom. The Balaban J connectivity index is 2.10. The van der Waals surface area contributed by atoms with Crippen LogP contribution in [0.4, 0.5) is 13.2 Å². The summed E-state index contributed by atoms with van der Waals surface area (Å²) in [4.78, 5) is 12.8. The van der Waals surface area contributed by atoms with Crippen LogP contribution in [0.5, 0.6) is 0 Å². The molecule has 2 aromatic rings. The van der Waals surface area contributed by atoms with Crippen molar-refractivity contribution >= 4 is 16.8 Å². The van der Waals surface area contributed by atoms with Crippen LogP contribution in [0.15, 0.2) is 34.7 Å². The number of para-hydroxylation sites is 1. The molecular formula is C14H14F3NO3. The molecule has 0 saturated heterocycles. The van der Waals surface area contributed by atoms with Gasteiger partial charge in [0, 0.05) is 11.9 Å². The van der Waals surface area contributed by atoms with Crippen LogP contribution in [0.25, 0.3) is 11.0 Å². The fourth-order valence-electron chi connectivity index (χ4n) is 2.01. The van der Waals surface area contributed by atoms with Gasteiger partial charge in [-0.1, -0.05) is 18.2 Å². The summed E-state index contributed by atoms with van der Waals surface area (Å²) in [5, 5.41) is 9.50. The van der Waals surface area contributed by atoms with Crippen LogP contribution in [0.2, 0.25) is 0 Å². The first-order chi connectivity index (χ1) is 9.89. The molecule has 7 heteroatoms. The van der Waals surface area contributed by atoms with Gasteiger partial charge in [-0.15, -0.1) is 0 Å². The van der Waals surface area contributed by atoms with Crippen LogP contribution >= 0.6 is 0 Å². The highest BCUT2D eigenvalue weighted by molar-refractivity contribution is 5.98. The molecule has 1 aromatic carbocycles. The number of hydrogen-bond acceptors (Lipinski definition) is 4. The van der Waals surface area contributed by atoms with E-state index in [1.807, 2.05) is 0 Å². The maximum atomic E-state index is 12.4. The second-order valence-corrected chi connectivity index (χ2v) is 4.62. The van der Waals surface area contributed by atoms with Gasteiger partial charge in [-0.2, -0.15) is 13.2 Å². The quantitative estimate of drug-likeness (QED) is 0.833. The average molecular weight is 301 g/mol. The van der Waals surface area contributed by atoms with Crippen molar-refractivity contribution in [3.05, 3.63) is 36.1 Å². The predicted molar refractivity (Wildman–Crippen MR) is 70.1 cm³/mol. The van der Waals surface area contributed by atoms with Crippen molar-refractivity contribution in [1.82, 2.24) is 4.90 Å². The fourth-order valence-corrected chi connectivity index (χ4v) is 2.01. The SMILES string of the molecule is O=C(CN(CCO)CC(F)(F)F)c1cc2ccccc2o1. The first kappa shape index (κ1) is 15.5. The summed E-state index contributed by atoms with van der Waals surface area (Å²) in [7, 11) is 0. The Kier molecular flexibility index (Phi) is 4.64. The second kappa shape index (κ2) is 6.28. The number of hydrogen-bond donors (Lipinski definition) is 1. The highest BCUT2D eigenvalue weighted by Gasteiger charge is 2.31. The zero-order valence-corrected chi connectivity index (χ0v) is 11.1. The summed E-state index contributed by atoms with van der Waals surface area (Å²) in [6, 6.07) is 8.43. The Hall–Kier alpha value is -1.86.